The molecule has 1 amide bonds. The molecule has 2 rings (SSSR count). The van der Waals surface area contributed by atoms with Gasteiger partial charge in [0.05, 0.1) is 7.11 Å². The fraction of sp³-hybridized carbons (Fsp3) is 0.333. The largest absolute Gasteiger partial charge is 0.497 e. The first kappa shape index (κ1) is 16.8. The summed E-state index contributed by atoms with van der Waals surface area (Å²) >= 11 is 0. The highest BCUT2D eigenvalue weighted by Gasteiger charge is 2.21. The van der Waals surface area contributed by atoms with E-state index in [4.69, 9.17) is 4.74 Å². The van der Waals surface area contributed by atoms with Gasteiger partial charge in [-0.25, -0.2) is 0 Å². The summed E-state index contributed by atoms with van der Waals surface area (Å²) in [6, 6.07) is 11.4. The molecule has 2 aromatic rings. The maximum absolute atomic E-state index is 12.3. The Balaban J connectivity index is 1.93. The summed E-state index contributed by atoms with van der Waals surface area (Å²) in [6.45, 7) is 2.39. The average Bonchev–Trinajstić information content (AvgIpc) is 2.59. The first-order valence-electron chi connectivity index (χ1n) is 7.60. The summed E-state index contributed by atoms with van der Waals surface area (Å²) in [7, 11) is 5.62. The average molecular weight is 314 g/mol. The molecule has 1 aromatic carbocycles. The van der Waals surface area contributed by atoms with Crippen LogP contribution >= 0.6 is 0 Å². The van der Waals surface area contributed by atoms with E-state index in [-0.39, 0.29) is 11.9 Å². The van der Waals surface area contributed by atoms with Crippen LogP contribution in [0.1, 0.15) is 18.5 Å². The second-order valence-electron chi connectivity index (χ2n) is 5.64. The van der Waals surface area contributed by atoms with Gasteiger partial charge in [-0.3, -0.25) is 4.79 Å². The van der Waals surface area contributed by atoms with Crippen molar-refractivity contribution < 1.29 is 14.1 Å². The van der Waals surface area contributed by atoms with E-state index >= 15 is 0 Å². The predicted molar refractivity (Wildman–Crippen MR) is 90.5 cm³/mol. The number of ether oxygens (including phenoxy) is 1. The molecular formula is C18H24N3O2+. The second kappa shape index (κ2) is 7.63. The molecule has 1 atom stereocenters. The third-order valence-corrected chi connectivity index (χ3v) is 3.80. The first-order valence-corrected chi connectivity index (χ1v) is 7.60. The molecule has 0 fully saturated rings. The quantitative estimate of drug-likeness (QED) is 0.829. The van der Waals surface area contributed by atoms with E-state index < -0.39 is 0 Å². The number of carbonyl (C=O) groups is 1. The number of nitrogens with one attached hydrogen (secondary N) is 1. The molecule has 0 aliphatic carbocycles. The van der Waals surface area contributed by atoms with Crippen LogP contribution in [0.25, 0.3) is 0 Å². The molecule has 0 saturated carbocycles. The minimum absolute atomic E-state index is 0.0107. The van der Waals surface area contributed by atoms with Gasteiger partial charge in [0.1, 0.15) is 5.75 Å². The summed E-state index contributed by atoms with van der Waals surface area (Å²) in [6.07, 6.45) is 3.85. The Morgan fingerprint density at radius 3 is 2.30 bits per heavy atom. The van der Waals surface area contributed by atoms with Crippen molar-refractivity contribution in [3.63, 3.8) is 0 Å². The zero-order chi connectivity index (χ0) is 16.8. The van der Waals surface area contributed by atoms with Crippen molar-refractivity contribution in [3.05, 3.63) is 54.4 Å². The maximum Gasteiger partial charge on any atom is 0.289 e. The molecular weight excluding hydrogens is 290 g/mol. The van der Waals surface area contributed by atoms with Crippen molar-refractivity contribution in [3.8, 4) is 5.75 Å². The van der Waals surface area contributed by atoms with Gasteiger partial charge in [0.15, 0.2) is 12.4 Å². The number of aromatic nitrogens is 1. The summed E-state index contributed by atoms with van der Waals surface area (Å²) in [5, 5.41) is 2.96. The molecule has 0 bridgehead atoms. The Morgan fingerprint density at radius 2 is 1.78 bits per heavy atom. The molecule has 122 valence electrons. The number of rotatable bonds is 6. The summed E-state index contributed by atoms with van der Waals surface area (Å²) in [5.74, 6) is 0.799. The van der Waals surface area contributed by atoms with Gasteiger partial charge in [-0.1, -0.05) is 12.1 Å². The molecule has 5 heteroatoms. The highest BCUT2D eigenvalue weighted by atomic mass is 16.5. The molecule has 5 nitrogen and oxygen atoms in total. The number of hydrogen-bond acceptors (Lipinski definition) is 3. The lowest BCUT2D eigenvalue weighted by Crippen LogP contribution is -2.46. The topological polar surface area (TPSA) is 45.5 Å². The highest BCUT2D eigenvalue weighted by Crippen LogP contribution is 2.11. The number of pyridine rings is 1. The van der Waals surface area contributed by atoms with Crippen LogP contribution < -0.4 is 19.5 Å². The maximum atomic E-state index is 12.3. The van der Waals surface area contributed by atoms with Crippen LogP contribution in [0.2, 0.25) is 0 Å². The third kappa shape index (κ3) is 4.45. The van der Waals surface area contributed by atoms with Crippen LogP contribution in [0.4, 0.5) is 5.69 Å². The van der Waals surface area contributed by atoms with E-state index in [9.17, 15) is 4.79 Å². The van der Waals surface area contributed by atoms with Crippen molar-refractivity contribution in [2.75, 3.05) is 26.1 Å². The standard InChI is InChI=1S/C18H23N3O2/c1-14(21-11-9-16(10-12-21)20(2)3)18(22)19-13-15-5-7-17(23-4)8-6-15/h5-12,14H,13H2,1-4H3/p+1/t14-/m0/s1. The van der Waals surface area contributed by atoms with Gasteiger partial charge in [-0.15, -0.1) is 0 Å². The molecule has 1 N–H and O–H groups in total. The number of nitrogens with zero attached hydrogens (tertiary/aromatic N) is 2. The van der Waals surface area contributed by atoms with E-state index in [1.165, 1.54) is 0 Å². The molecule has 0 saturated heterocycles. The lowest BCUT2D eigenvalue weighted by molar-refractivity contribution is -0.706. The predicted octanol–water partition coefficient (Wildman–Crippen LogP) is 1.93. The Morgan fingerprint density at radius 1 is 1.17 bits per heavy atom. The van der Waals surface area contributed by atoms with E-state index in [0.717, 1.165) is 17.0 Å². The van der Waals surface area contributed by atoms with Crippen molar-refractivity contribution in [1.82, 2.24) is 5.32 Å². The van der Waals surface area contributed by atoms with Gasteiger partial charge in [0.25, 0.3) is 5.91 Å². The molecule has 23 heavy (non-hydrogen) atoms. The van der Waals surface area contributed by atoms with E-state index in [0.29, 0.717) is 6.54 Å². The number of carbonyl (C=O) groups excluding carboxylic acids is 1. The molecule has 1 heterocycles. The number of anilines is 1. The van der Waals surface area contributed by atoms with Crippen LogP contribution in [0, 0.1) is 0 Å². The highest BCUT2D eigenvalue weighted by molar-refractivity contribution is 5.78. The Labute approximate surface area is 137 Å². The van der Waals surface area contributed by atoms with Gasteiger partial charge in [-0.05, 0) is 17.7 Å². The Kier molecular flexibility index (Phi) is 5.57. The molecule has 0 unspecified atom stereocenters. The first-order chi connectivity index (χ1) is 11.0. The van der Waals surface area contributed by atoms with Crippen LogP contribution in [-0.2, 0) is 11.3 Å². The number of methoxy groups -OCH3 is 1. The fourth-order valence-electron chi connectivity index (χ4n) is 2.20. The molecule has 0 radical (unpaired) electrons. The number of benzene rings is 1. The zero-order valence-electron chi connectivity index (χ0n) is 14.1. The van der Waals surface area contributed by atoms with Crippen LogP contribution in [0.15, 0.2) is 48.8 Å². The molecule has 0 aliphatic rings. The fourth-order valence-corrected chi connectivity index (χ4v) is 2.20. The minimum atomic E-state index is -0.260. The van der Waals surface area contributed by atoms with Crippen LogP contribution in [0.3, 0.4) is 0 Å². The van der Waals surface area contributed by atoms with Crippen molar-refractivity contribution in [2.24, 2.45) is 0 Å². The van der Waals surface area contributed by atoms with Crippen molar-refractivity contribution >= 4 is 11.6 Å². The second-order valence-corrected chi connectivity index (χ2v) is 5.64. The van der Waals surface area contributed by atoms with E-state index in [1.54, 1.807) is 7.11 Å². The van der Waals surface area contributed by atoms with Crippen molar-refractivity contribution in [1.29, 1.82) is 0 Å². The third-order valence-electron chi connectivity index (χ3n) is 3.80. The van der Waals surface area contributed by atoms with Gasteiger partial charge in [0.2, 0.25) is 6.04 Å². The van der Waals surface area contributed by atoms with Crippen molar-refractivity contribution in [2.45, 2.75) is 19.5 Å². The smallest absolute Gasteiger partial charge is 0.289 e. The van der Waals surface area contributed by atoms with Gasteiger partial charge in [-0.2, -0.15) is 4.57 Å². The number of hydrogen-bond donors (Lipinski definition) is 1. The lowest BCUT2D eigenvalue weighted by atomic mass is 10.2. The Hall–Kier alpha value is -2.56. The van der Waals surface area contributed by atoms with Crippen LogP contribution in [-0.4, -0.2) is 27.1 Å². The van der Waals surface area contributed by atoms with Crippen LogP contribution in [0.5, 0.6) is 5.75 Å². The number of amides is 1. The molecule has 0 aliphatic heterocycles. The summed E-state index contributed by atoms with van der Waals surface area (Å²) < 4.78 is 7.02. The van der Waals surface area contributed by atoms with Gasteiger partial charge >= 0.3 is 0 Å². The Bertz CT molecular complexity index is 636. The molecule has 0 spiro atoms. The zero-order valence-corrected chi connectivity index (χ0v) is 14.1. The molecule has 1 aromatic heterocycles. The van der Waals surface area contributed by atoms with E-state index in [1.807, 2.05) is 79.3 Å². The summed E-state index contributed by atoms with van der Waals surface area (Å²) in [5.41, 5.74) is 2.14. The normalized spacial score (nSPS) is 11.7. The SMILES string of the molecule is COc1ccc(CNC(=O)[C@H](C)[n+]2ccc(N(C)C)cc2)cc1. The monoisotopic (exact) mass is 314 g/mol. The lowest BCUT2D eigenvalue weighted by Gasteiger charge is -2.12. The van der Waals surface area contributed by atoms with Gasteiger partial charge in [0, 0.05) is 45.4 Å². The van der Waals surface area contributed by atoms with E-state index in [2.05, 4.69) is 5.32 Å². The minimum Gasteiger partial charge on any atom is -0.497 e. The summed E-state index contributed by atoms with van der Waals surface area (Å²) in [4.78, 5) is 14.3. The van der Waals surface area contributed by atoms with Gasteiger partial charge < -0.3 is 15.0 Å².